The first kappa shape index (κ1) is 18.9. The lowest BCUT2D eigenvalue weighted by Gasteiger charge is -2.26. The van der Waals surface area contributed by atoms with E-state index in [1.807, 2.05) is 0 Å². The van der Waals surface area contributed by atoms with Crippen molar-refractivity contribution in [3.05, 3.63) is 0 Å². The fourth-order valence-electron chi connectivity index (χ4n) is 3.18. The molecule has 3 nitrogen and oxygen atoms in total. The van der Waals surface area contributed by atoms with Gasteiger partial charge in [-0.15, -0.1) is 0 Å². The number of nitrogens with zero attached hydrogens (tertiary/aromatic N) is 3. The molecule has 0 spiro atoms. The van der Waals surface area contributed by atoms with Crippen LogP contribution in [0, 0.1) is 0 Å². The molecule has 1 rings (SSSR count). The fourth-order valence-corrected chi connectivity index (χ4v) is 3.18. The van der Waals surface area contributed by atoms with Gasteiger partial charge in [0.05, 0.1) is 0 Å². The van der Waals surface area contributed by atoms with Crippen LogP contribution in [0.25, 0.3) is 0 Å². The first-order valence-corrected chi connectivity index (χ1v) is 9.24. The Bertz CT molecular complexity index is 225. The summed E-state index contributed by atoms with van der Waals surface area (Å²) in [6, 6.07) is 0. The Morgan fingerprint density at radius 1 is 0.667 bits per heavy atom. The number of hydrogen-bond acceptors (Lipinski definition) is 3. The van der Waals surface area contributed by atoms with Crippen LogP contribution in [0.15, 0.2) is 0 Å². The summed E-state index contributed by atoms with van der Waals surface area (Å²) in [5.41, 5.74) is 0. The predicted molar refractivity (Wildman–Crippen MR) is 94.0 cm³/mol. The van der Waals surface area contributed by atoms with Gasteiger partial charge in [0.25, 0.3) is 0 Å². The number of likely N-dealkylation sites (tertiary alicyclic amines) is 1. The molecule has 0 aliphatic carbocycles. The zero-order valence-electron chi connectivity index (χ0n) is 14.9. The summed E-state index contributed by atoms with van der Waals surface area (Å²) in [6.45, 7) is 7.84. The van der Waals surface area contributed by atoms with E-state index in [1.165, 1.54) is 97.1 Å². The molecule has 1 fully saturated rings. The minimum absolute atomic E-state index is 1.24. The lowest BCUT2D eigenvalue weighted by atomic mass is 10.1. The van der Waals surface area contributed by atoms with Gasteiger partial charge in [-0.2, -0.15) is 0 Å². The Morgan fingerprint density at radius 2 is 1.24 bits per heavy atom. The van der Waals surface area contributed by atoms with E-state index in [2.05, 4.69) is 35.8 Å². The molecule has 3 heteroatoms. The van der Waals surface area contributed by atoms with E-state index < -0.39 is 0 Å². The van der Waals surface area contributed by atoms with Crippen molar-refractivity contribution in [2.45, 2.75) is 57.8 Å². The Morgan fingerprint density at radius 3 is 1.86 bits per heavy atom. The van der Waals surface area contributed by atoms with Crippen molar-refractivity contribution < 1.29 is 0 Å². The smallest absolute Gasteiger partial charge is 0.00183 e. The van der Waals surface area contributed by atoms with Crippen molar-refractivity contribution in [1.82, 2.24) is 14.7 Å². The van der Waals surface area contributed by atoms with Crippen LogP contribution < -0.4 is 0 Å². The number of piperidine rings is 1. The summed E-state index contributed by atoms with van der Waals surface area (Å²) in [7, 11) is 6.62. The van der Waals surface area contributed by atoms with E-state index in [-0.39, 0.29) is 0 Å². The van der Waals surface area contributed by atoms with Crippen molar-refractivity contribution in [2.24, 2.45) is 0 Å². The molecular weight excluding hydrogens is 258 g/mol. The maximum Gasteiger partial charge on any atom is -0.00183 e. The quantitative estimate of drug-likeness (QED) is 0.512. The first-order valence-electron chi connectivity index (χ1n) is 9.24. The molecule has 0 saturated carbocycles. The highest BCUT2D eigenvalue weighted by atomic mass is 15.1. The number of rotatable bonds is 12. The molecule has 0 bridgehead atoms. The number of unbranched alkanes of at least 4 members (excludes halogenated alkanes) is 4. The highest BCUT2D eigenvalue weighted by molar-refractivity contribution is 4.64. The van der Waals surface area contributed by atoms with Gasteiger partial charge in [0.15, 0.2) is 0 Å². The van der Waals surface area contributed by atoms with Crippen molar-refractivity contribution in [3.63, 3.8) is 0 Å². The maximum atomic E-state index is 2.66. The van der Waals surface area contributed by atoms with E-state index in [1.54, 1.807) is 0 Å². The van der Waals surface area contributed by atoms with Gasteiger partial charge in [0, 0.05) is 0 Å². The summed E-state index contributed by atoms with van der Waals surface area (Å²) in [5, 5.41) is 0. The average Bonchev–Trinajstić information content (AvgIpc) is 2.48. The van der Waals surface area contributed by atoms with E-state index in [0.29, 0.717) is 0 Å². The molecule has 126 valence electrons. The van der Waals surface area contributed by atoms with E-state index in [9.17, 15) is 0 Å². The summed E-state index contributed by atoms with van der Waals surface area (Å²) in [6.07, 6.45) is 12.6. The second-order valence-corrected chi connectivity index (χ2v) is 7.13. The largest absolute Gasteiger partial charge is 0.309 e. The van der Waals surface area contributed by atoms with Gasteiger partial charge in [-0.3, -0.25) is 0 Å². The molecule has 1 aliphatic heterocycles. The Balaban J connectivity index is 1.83. The summed E-state index contributed by atoms with van der Waals surface area (Å²) in [4.78, 5) is 7.48. The minimum atomic E-state index is 1.24. The van der Waals surface area contributed by atoms with Gasteiger partial charge in [0.1, 0.15) is 0 Å². The standard InChI is InChI=1S/C18H39N3/c1-19(2)13-7-4-5-8-14-20(3)15-11-12-18-21-16-9-6-10-17-21/h4-18H2,1-3H3. The molecule has 0 radical (unpaired) electrons. The third-order valence-corrected chi connectivity index (χ3v) is 4.61. The lowest BCUT2D eigenvalue weighted by molar-refractivity contribution is 0.219. The molecule has 0 atom stereocenters. The van der Waals surface area contributed by atoms with Crippen molar-refractivity contribution >= 4 is 0 Å². The highest BCUT2D eigenvalue weighted by Crippen LogP contribution is 2.09. The van der Waals surface area contributed by atoms with Crippen molar-refractivity contribution in [3.8, 4) is 0 Å². The zero-order chi connectivity index (χ0) is 15.3. The SMILES string of the molecule is CN(C)CCCCCCN(C)CCCCN1CCCCC1. The highest BCUT2D eigenvalue weighted by Gasteiger charge is 2.09. The van der Waals surface area contributed by atoms with Gasteiger partial charge in [0.2, 0.25) is 0 Å². The van der Waals surface area contributed by atoms with E-state index >= 15 is 0 Å². The van der Waals surface area contributed by atoms with E-state index in [4.69, 9.17) is 0 Å². The van der Waals surface area contributed by atoms with Gasteiger partial charge in [-0.25, -0.2) is 0 Å². The molecule has 0 N–H and O–H groups in total. The van der Waals surface area contributed by atoms with Crippen LogP contribution in [0.1, 0.15) is 57.8 Å². The molecule has 0 amide bonds. The second kappa shape index (κ2) is 12.4. The monoisotopic (exact) mass is 297 g/mol. The molecule has 1 aliphatic rings. The molecule has 0 aromatic rings. The molecular formula is C18H39N3. The van der Waals surface area contributed by atoms with Gasteiger partial charge >= 0.3 is 0 Å². The van der Waals surface area contributed by atoms with Crippen LogP contribution in [0.4, 0.5) is 0 Å². The zero-order valence-corrected chi connectivity index (χ0v) is 14.9. The Hall–Kier alpha value is -0.120. The average molecular weight is 298 g/mol. The van der Waals surface area contributed by atoms with Gasteiger partial charge in [-0.1, -0.05) is 19.3 Å². The minimum Gasteiger partial charge on any atom is -0.309 e. The number of hydrogen-bond donors (Lipinski definition) is 0. The summed E-state index contributed by atoms with van der Waals surface area (Å²) >= 11 is 0. The molecule has 0 aromatic heterocycles. The molecule has 0 aromatic carbocycles. The van der Waals surface area contributed by atoms with Crippen LogP contribution in [-0.2, 0) is 0 Å². The topological polar surface area (TPSA) is 9.72 Å². The van der Waals surface area contributed by atoms with Gasteiger partial charge < -0.3 is 14.7 Å². The molecule has 21 heavy (non-hydrogen) atoms. The molecule has 0 unspecified atom stereocenters. The predicted octanol–water partition coefficient (Wildman–Crippen LogP) is 3.31. The third-order valence-electron chi connectivity index (χ3n) is 4.61. The van der Waals surface area contributed by atoms with Crippen LogP contribution in [0.5, 0.6) is 0 Å². The molecule has 1 saturated heterocycles. The summed E-state index contributed by atoms with van der Waals surface area (Å²) in [5.74, 6) is 0. The van der Waals surface area contributed by atoms with Crippen molar-refractivity contribution in [1.29, 1.82) is 0 Å². The van der Waals surface area contributed by atoms with Crippen LogP contribution in [-0.4, -0.2) is 75.1 Å². The van der Waals surface area contributed by atoms with Crippen LogP contribution in [0.2, 0.25) is 0 Å². The Labute approximate surface area is 133 Å². The molecule has 1 heterocycles. The third kappa shape index (κ3) is 11.1. The first-order chi connectivity index (χ1) is 10.2. The van der Waals surface area contributed by atoms with Gasteiger partial charge in [-0.05, 0) is 98.9 Å². The lowest BCUT2D eigenvalue weighted by Crippen LogP contribution is -2.31. The van der Waals surface area contributed by atoms with E-state index in [0.717, 1.165) is 0 Å². The summed E-state index contributed by atoms with van der Waals surface area (Å²) < 4.78 is 0. The maximum absolute atomic E-state index is 2.66. The van der Waals surface area contributed by atoms with Crippen LogP contribution >= 0.6 is 0 Å². The normalized spacial score (nSPS) is 17.0. The van der Waals surface area contributed by atoms with Crippen LogP contribution in [0.3, 0.4) is 0 Å². The Kier molecular flexibility index (Phi) is 11.2. The van der Waals surface area contributed by atoms with Crippen molar-refractivity contribution in [2.75, 3.05) is 60.4 Å². The second-order valence-electron chi connectivity index (χ2n) is 7.13. The fraction of sp³-hybridized carbons (Fsp3) is 1.00.